The average Bonchev–Trinajstić information content (AvgIpc) is 3.51. The fourth-order valence-corrected chi connectivity index (χ4v) is 5.20. The van der Waals surface area contributed by atoms with E-state index in [-0.39, 0.29) is 25.6 Å². The van der Waals surface area contributed by atoms with E-state index in [1.165, 1.54) is 0 Å². The number of rotatable bonds is 5. The lowest BCUT2D eigenvalue weighted by molar-refractivity contribution is -0.153. The first kappa shape index (κ1) is 23.2. The van der Waals surface area contributed by atoms with E-state index >= 15 is 0 Å². The molecule has 3 aliphatic rings. The number of fused-ring (bicyclic) bond motifs is 3. The number of likely N-dealkylation sites (tertiary alicyclic amines) is 1. The average molecular weight is 486 g/mol. The summed E-state index contributed by atoms with van der Waals surface area (Å²) in [5.74, 6) is -5.83. The smallest absolute Gasteiger partial charge is 0.407 e. The summed E-state index contributed by atoms with van der Waals surface area (Å²) < 4.78 is 38.6. The summed E-state index contributed by atoms with van der Waals surface area (Å²) in [4.78, 5) is 37.5. The number of aliphatic carboxylic acids is 1. The van der Waals surface area contributed by atoms with Gasteiger partial charge in [0.25, 0.3) is 11.8 Å². The molecular formula is C25H24F2N2O6. The predicted octanol–water partition coefficient (Wildman–Crippen LogP) is 3.00. The second-order valence-electron chi connectivity index (χ2n) is 9.04. The standard InChI is InChI=1S/C25H24F2N2O6/c26-25(27)11-20(23(31)32)29(13-25)22(30)21-19(9-10-34-21)28-24(33)35-12-18-16-7-3-1-5-14(16)15-6-2-4-8-17(15)18/h1-8,18-21H,9-13H2,(H,28,33)(H,31,32)/t19-,20+,21+/m1/s1. The van der Waals surface area contributed by atoms with E-state index in [0.717, 1.165) is 22.3 Å². The van der Waals surface area contributed by atoms with Crippen LogP contribution in [0.15, 0.2) is 48.5 Å². The number of carboxylic acid groups (broad SMARTS) is 1. The van der Waals surface area contributed by atoms with Gasteiger partial charge >= 0.3 is 12.1 Å². The van der Waals surface area contributed by atoms with Crippen LogP contribution in [0.2, 0.25) is 0 Å². The first-order valence-electron chi connectivity index (χ1n) is 11.4. The molecule has 35 heavy (non-hydrogen) atoms. The molecule has 1 aliphatic carbocycles. The van der Waals surface area contributed by atoms with E-state index in [4.69, 9.17) is 9.47 Å². The van der Waals surface area contributed by atoms with Gasteiger partial charge in [-0.05, 0) is 28.7 Å². The molecule has 2 N–H and O–H groups in total. The molecule has 0 radical (unpaired) electrons. The van der Waals surface area contributed by atoms with Crippen LogP contribution in [0.1, 0.15) is 29.9 Å². The Morgan fingerprint density at radius 2 is 1.71 bits per heavy atom. The summed E-state index contributed by atoms with van der Waals surface area (Å²) in [6.45, 7) is -0.807. The van der Waals surface area contributed by atoms with Gasteiger partial charge in [-0.15, -0.1) is 0 Å². The minimum absolute atomic E-state index is 0.0749. The van der Waals surface area contributed by atoms with Gasteiger partial charge in [-0.2, -0.15) is 0 Å². The van der Waals surface area contributed by atoms with Crippen molar-refractivity contribution in [3.8, 4) is 11.1 Å². The molecule has 2 saturated heterocycles. The Hall–Kier alpha value is -3.53. The van der Waals surface area contributed by atoms with E-state index < -0.39 is 55.0 Å². The van der Waals surface area contributed by atoms with Crippen molar-refractivity contribution >= 4 is 18.0 Å². The highest BCUT2D eigenvalue weighted by Crippen LogP contribution is 2.44. The third-order valence-corrected chi connectivity index (χ3v) is 6.82. The fourth-order valence-electron chi connectivity index (χ4n) is 5.20. The van der Waals surface area contributed by atoms with Gasteiger partial charge in [0.2, 0.25) is 0 Å². The summed E-state index contributed by atoms with van der Waals surface area (Å²) in [6.07, 6.45) is -2.71. The van der Waals surface area contributed by atoms with Crippen molar-refractivity contribution < 1.29 is 37.7 Å². The number of amides is 2. The van der Waals surface area contributed by atoms with Crippen molar-refractivity contribution in [3.63, 3.8) is 0 Å². The molecule has 8 nitrogen and oxygen atoms in total. The highest BCUT2D eigenvalue weighted by atomic mass is 19.3. The maximum atomic E-state index is 13.8. The van der Waals surface area contributed by atoms with Crippen molar-refractivity contribution in [2.45, 2.75) is 42.9 Å². The number of nitrogens with one attached hydrogen (secondary N) is 1. The Balaban J connectivity index is 1.24. The van der Waals surface area contributed by atoms with Crippen molar-refractivity contribution in [1.29, 1.82) is 0 Å². The summed E-state index contributed by atoms with van der Waals surface area (Å²) >= 11 is 0. The van der Waals surface area contributed by atoms with E-state index in [9.17, 15) is 28.3 Å². The van der Waals surface area contributed by atoms with Gasteiger partial charge in [0.05, 0.1) is 12.6 Å². The zero-order valence-electron chi connectivity index (χ0n) is 18.7. The van der Waals surface area contributed by atoms with Crippen LogP contribution in [-0.2, 0) is 19.1 Å². The molecule has 2 fully saturated rings. The molecule has 3 atom stereocenters. The van der Waals surface area contributed by atoms with E-state index in [2.05, 4.69) is 5.32 Å². The van der Waals surface area contributed by atoms with Crippen molar-refractivity contribution in [1.82, 2.24) is 10.2 Å². The molecule has 184 valence electrons. The Morgan fingerprint density at radius 1 is 1.09 bits per heavy atom. The van der Waals surface area contributed by atoms with Crippen molar-refractivity contribution in [2.75, 3.05) is 19.8 Å². The quantitative estimate of drug-likeness (QED) is 0.673. The Morgan fingerprint density at radius 3 is 2.34 bits per heavy atom. The highest BCUT2D eigenvalue weighted by Gasteiger charge is 2.53. The molecule has 2 aromatic carbocycles. The molecule has 2 amide bonds. The molecule has 5 rings (SSSR count). The number of alkyl halides is 2. The molecule has 0 bridgehead atoms. The first-order valence-corrected chi connectivity index (χ1v) is 11.4. The molecule has 2 aromatic rings. The van der Waals surface area contributed by atoms with Gasteiger partial charge in [-0.25, -0.2) is 18.4 Å². The molecule has 10 heteroatoms. The summed E-state index contributed by atoms with van der Waals surface area (Å²) in [5.41, 5.74) is 4.27. The van der Waals surface area contributed by atoms with Gasteiger partial charge in [0.1, 0.15) is 12.6 Å². The van der Waals surface area contributed by atoms with E-state index in [1.807, 2.05) is 48.5 Å². The highest BCUT2D eigenvalue weighted by molar-refractivity contribution is 5.88. The lowest BCUT2D eigenvalue weighted by Crippen LogP contribution is -2.52. The zero-order chi connectivity index (χ0) is 24.7. The number of benzene rings is 2. The number of carboxylic acids is 1. The van der Waals surface area contributed by atoms with Crippen LogP contribution in [0.25, 0.3) is 11.1 Å². The maximum absolute atomic E-state index is 13.8. The normalized spacial score (nSPS) is 24.6. The van der Waals surface area contributed by atoms with Gasteiger partial charge in [0.15, 0.2) is 6.10 Å². The largest absolute Gasteiger partial charge is 0.480 e. The molecule has 2 heterocycles. The third kappa shape index (κ3) is 4.34. The van der Waals surface area contributed by atoms with Crippen LogP contribution < -0.4 is 5.32 Å². The van der Waals surface area contributed by atoms with Crippen LogP contribution in [0.5, 0.6) is 0 Å². The Bertz CT molecular complexity index is 1130. The lowest BCUT2D eigenvalue weighted by atomic mass is 9.98. The van der Waals surface area contributed by atoms with Gasteiger partial charge in [-0.1, -0.05) is 48.5 Å². The molecule has 0 unspecified atom stereocenters. The molecular weight excluding hydrogens is 462 g/mol. The number of ether oxygens (including phenoxy) is 2. The minimum atomic E-state index is -3.30. The third-order valence-electron chi connectivity index (χ3n) is 6.82. The van der Waals surface area contributed by atoms with Crippen LogP contribution in [0.3, 0.4) is 0 Å². The molecule has 2 aliphatic heterocycles. The van der Waals surface area contributed by atoms with Crippen LogP contribution >= 0.6 is 0 Å². The number of alkyl carbamates (subject to hydrolysis) is 1. The number of carbonyl (C=O) groups is 3. The lowest BCUT2D eigenvalue weighted by Gasteiger charge is -2.27. The second kappa shape index (κ2) is 8.92. The number of hydrogen-bond acceptors (Lipinski definition) is 5. The maximum Gasteiger partial charge on any atom is 0.407 e. The summed E-state index contributed by atoms with van der Waals surface area (Å²) in [6, 6.07) is 13.3. The zero-order valence-corrected chi connectivity index (χ0v) is 18.7. The fraction of sp³-hybridized carbons (Fsp3) is 0.400. The second-order valence-corrected chi connectivity index (χ2v) is 9.04. The molecule has 0 aromatic heterocycles. The SMILES string of the molecule is O=C(N[C@@H]1CCO[C@@H]1C(=O)N1CC(F)(F)C[C@H]1C(=O)O)OCC1c2ccccc2-c2ccccc21. The van der Waals surface area contributed by atoms with Gasteiger partial charge in [0, 0.05) is 18.9 Å². The van der Waals surface area contributed by atoms with Crippen molar-refractivity contribution in [2.24, 2.45) is 0 Å². The first-order chi connectivity index (χ1) is 16.7. The number of hydrogen-bond donors (Lipinski definition) is 2. The number of nitrogens with zero attached hydrogens (tertiary/aromatic N) is 1. The predicted molar refractivity (Wildman–Crippen MR) is 119 cm³/mol. The molecule has 0 saturated carbocycles. The summed E-state index contributed by atoms with van der Waals surface area (Å²) in [7, 11) is 0. The van der Waals surface area contributed by atoms with Crippen LogP contribution in [0.4, 0.5) is 13.6 Å². The Labute approximate surface area is 199 Å². The number of carbonyl (C=O) groups excluding carboxylic acids is 2. The topological polar surface area (TPSA) is 105 Å². The summed E-state index contributed by atoms with van der Waals surface area (Å²) in [5, 5.41) is 11.9. The van der Waals surface area contributed by atoms with Crippen molar-refractivity contribution in [3.05, 3.63) is 59.7 Å². The van der Waals surface area contributed by atoms with Gasteiger partial charge < -0.3 is 24.8 Å². The molecule has 0 spiro atoms. The van der Waals surface area contributed by atoms with Crippen LogP contribution in [0, 0.1) is 0 Å². The van der Waals surface area contributed by atoms with Gasteiger partial charge in [-0.3, -0.25) is 4.79 Å². The minimum Gasteiger partial charge on any atom is -0.480 e. The Kier molecular flexibility index (Phi) is 5.92. The monoisotopic (exact) mass is 486 g/mol. The van der Waals surface area contributed by atoms with Crippen LogP contribution in [-0.4, -0.2) is 71.8 Å². The number of halogens is 2. The van der Waals surface area contributed by atoms with E-state index in [1.54, 1.807) is 0 Å². The van der Waals surface area contributed by atoms with E-state index in [0.29, 0.717) is 4.90 Å².